The molecule has 1 N–H and O–H groups in total. The van der Waals surface area contributed by atoms with E-state index in [2.05, 4.69) is 23.8 Å². The van der Waals surface area contributed by atoms with Crippen molar-refractivity contribution < 1.29 is 5.11 Å². The quantitative estimate of drug-likeness (QED) is 0.864. The highest BCUT2D eigenvalue weighted by Gasteiger charge is 2.54. The predicted octanol–water partition coefficient (Wildman–Crippen LogP) is 2.20. The van der Waals surface area contributed by atoms with Crippen LogP contribution in [0, 0.1) is 23.2 Å². The molecule has 5 rings (SSSR count). The smallest absolute Gasteiger partial charge is 0.0723 e. The van der Waals surface area contributed by atoms with Crippen LogP contribution >= 0.6 is 0 Å². The largest absolute Gasteiger partial charge is 0.391 e. The minimum absolute atomic E-state index is 0.0819. The maximum atomic E-state index is 11.1. The summed E-state index contributed by atoms with van der Waals surface area (Å²) in [5.74, 6) is 2.83. The van der Waals surface area contributed by atoms with Crippen LogP contribution in [-0.4, -0.2) is 60.3 Å². The van der Waals surface area contributed by atoms with E-state index in [-0.39, 0.29) is 6.10 Å². The molecule has 0 amide bonds. The van der Waals surface area contributed by atoms with Gasteiger partial charge >= 0.3 is 0 Å². The van der Waals surface area contributed by atoms with Gasteiger partial charge in [0.2, 0.25) is 0 Å². The molecule has 0 spiro atoms. The fourth-order valence-corrected chi connectivity index (χ4v) is 6.31. The average molecular weight is 292 g/mol. The molecule has 0 aromatic rings. The Hall–Kier alpha value is -0.120. The average Bonchev–Trinajstić information content (AvgIpc) is 2.41. The van der Waals surface area contributed by atoms with Crippen molar-refractivity contribution in [1.82, 2.24) is 9.80 Å². The molecule has 3 heteroatoms. The van der Waals surface area contributed by atoms with Crippen LogP contribution in [0.4, 0.5) is 0 Å². The molecule has 2 unspecified atom stereocenters. The second kappa shape index (κ2) is 5.21. The lowest BCUT2D eigenvalue weighted by molar-refractivity contribution is -0.129. The molecule has 4 bridgehead atoms. The van der Waals surface area contributed by atoms with Crippen molar-refractivity contribution in [1.29, 1.82) is 0 Å². The van der Waals surface area contributed by atoms with Crippen molar-refractivity contribution in [2.45, 2.75) is 57.6 Å². The van der Waals surface area contributed by atoms with E-state index in [1.54, 1.807) is 0 Å². The first kappa shape index (κ1) is 14.5. The molecular formula is C18H32N2O. The van der Waals surface area contributed by atoms with Crippen molar-refractivity contribution in [3.05, 3.63) is 0 Å². The number of nitrogens with zero attached hydrogens (tertiary/aromatic N) is 2. The van der Waals surface area contributed by atoms with Crippen LogP contribution in [0.25, 0.3) is 0 Å². The summed E-state index contributed by atoms with van der Waals surface area (Å²) in [5, 5.41) is 11.1. The Balaban J connectivity index is 1.42. The fraction of sp³-hybridized carbons (Fsp3) is 1.00. The Morgan fingerprint density at radius 3 is 2.14 bits per heavy atom. The molecule has 5 aliphatic rings. The molecule has 0 radical (unpaired) electrons. The SMILES string of the molecule is CC1CN(CC(O)C23CC4CC(CC(C4)C2)C3)CCN1C. The lowest BCUT2D eigenvalue weighted by Crippen LogP contribution is -2.57. The minimum atomic E-state index is -0.0819. The summed E-state index contributed by atoms with van der Waals surface area (Å²) in [5.41, 5.74) is 0.293. The molecule has 1 heterocycles. The molecule has 1 aliphatic heterocycles. The van der Waals surface area contributed by atoms with E-state index in [0.29, 0.717) is 11.5 Å². The van der Waals surface area contributed by atoms with Gasteiger partial charge in [-0.25, -0.2) is 0 Å². The zero-order valence-electron chi connectivity index (χ0n) is 13.8. The highest BCUT2D eigenvalue weighted by atomic mass is 16.3. The number of hydrogen-bond acceptors (Lipinski definition) is 3. The number of aliphatic hydroxyl groups excluding tert-OH is 1. The van der Waals surface area contributed by atoms with Crippen molar-refractivity contribution in [3.63, 3.8) is 0 Å². The summed E-state index contributed by atoms with van der Waals surface area (Å²) >= 11 is 0. The van der Waals surface area contributed by atoms with E-state index in [1.165, 1.54) is 38.5 Å². The zero-order chi connectivity index (χ0) is 14.6. The summed E-state index contributed by atoms with van der Waals surface area (Å²) in [6.07, 6.45) is 8.30. The monoisotopic (exact) mass is 292 g/mol. The Bertz CT molecular complexity index is 361. The van der Waals surface area contributed by atoms with Crippen LogP contribution < -0.4 is 0 Å². The van der Waals surface area contributed by atoms with Gasteiger partial charge in [0, 0.05) is 32.2 Å². The number of hydrogen-bond donors (Lipinski definition) is 1. The van der Waals surface area contributed by atoms with Crippen LogP contribution in [-0.2, 0) is 0 Å². The van der Waals surface area contributed by atoms with E-state index < -0.39 is 0 Å². The molecule has 3 nitrogen and oxygen atoms in total. The van der Waals surface area contributed by atoms with Crippen LogP contribution in [0.2, 0.25) is 0 Å². The van der Waals surface area contributed by atoms with Gasteiger partial charge in [0.25, 0.3) is 0 Å². The van der Waals surface area contributed by atoms with Crippen molar-refractivity contribution in [2.24, 2.45) is 23.2 Å². The van der Waals surface area contributed by atoms with Crippen molar-refractivity contribution >= 4 is 0 Å². The summed E-state index contributed by atoms with van der Waals surface area (Å²) in [6, 6.07) is 0.627. The predicted molar refractivity (Wildman–Crippen MR) is 85.1 cm³/mol. The van der Waals surface area contributed by atoms with E-state index in [9.17, 15) is 5.11 Å². The van der Waals surface area contributed by atoms with E-state index in [0.717, 1.165) is 43.9 Å². The normalized spacial score (nSPS) is 48.7. The molecular weight excluding hydrogens is 260 g/mol. The molecule has 4 saturated carbocycles. The number of piperazine rings is 1. The Kier molecular flexibility index (Phi) is 3.59. The van der Waals surface area contributed by atoms with Crippen LogP contribution in [0.5, 0.6) is 0 Å². The highest BCUT2D eigenvalue weighted by molar-refractivity contribution is 5.05. The molecule has 0 aromatic heterocycles. The molecule has 2 atom stereocenters. The Morgan fingerprint density at radius 2 is 1.62 bits per heavy atom. The van der Waals surface area contributed by atoms with Gasteiger partial charge in [0.15, 0.2) is 0 Å². The van der Waals surface area contributed by atoms with Gasteiger partial charge in [-0.15, -0.1) is 0 Å². The minimum Gasteiger partial charge on any atom is -0.391 e. The third-order valence-corrected chi connectivity index (χ3v) is 7.27. The number of rotatable bonds is 3. The lowest BCUT2D eigenvalue weighted by Gasteiger charge is -2.59. The second-order valence-electron chi connectivity index (χ2n) is 8.88. The topological polar surface area (TPSA) is 26.7 Å². The number of β-amino-alcohol motifs (C(OH)–C–C–N with tert-alkyl or cyclic N) is 1. The van der Waals surface area contributed by atoms with Crippen LogP contribution in [0.3, 0.4) is 0 Å². The first-order chi connectivity index (χ1) is 10.0. The van der Waals surface area contributed by atoms with Crippen molar-refractivity contribution in [2.75, 3.05) is 33.2 Å². The van der Waals surface area contributed by atoms with Gasteiger partial charge in [-0.1, -0.05) is 0 Å². The maximum absolute atomic E-state index is 11.1. The summed E-state index contributed by atoms with van der Waals surface area (Å²) in [4.78, 5) is 4.96. The van der Waals surface area contributed by atoms with Gasteiger partial charge in [-0.3, -0.25) is 4.90 Å². The standard InChI is InChI=1S/C18H32N2O/c1-13-11-20(4-3-19(13)2)12-17(21)18-8-14-5-15(9-18)7-16(6-14)10-18/h13-17,21H,3-12H2,1-2H3. The Labute approximate surface area is 129 Å². The molecule has 4 aliphatic carbocycles. The van der Waals surface area contributed by atoms with E-state index in [1.807, 2.05) is 0 Å². The van der Waals surface area contributed by atoms with E-state index >= 15 is 0 Å². The molecule has 0 aromatic carbocycles. The van der Waals surface area contributed by atoms with Gasteiger partial charge in [-0.05, 0) is 75.7 Å². The van der Waals surface area contributed by atoms with Gasteiger partial charge in [0.1, 0.15) is 0 Å². The molecule has 5 fully saturated rings. The molecule has 120 valence electrons. The fourth-order valence-electron chi connectivity index (χ4n) is 6.31. The zero-order valence-corrected chi connectivity index (χ0v) is 13.8. The van der Waals surface area contributed by atoms with Gasteiger partial charge in [-0.2, -0.15) is 0 Å². The third-order valence-electron chi connectivity index (χ3n) is 7.27. The van der Waals surface area contributed by atoms with E-state index in [4.69, 9.17) is 0 Å². The van der Waals surface area contributed by atoms with Crippen LogP contribution in [0.1, 0.15) is 45.4 Å². The third kappa shape index (κ3) is 2.55. The number of aliphatic hydroxyl groups is 1. The molecule has 1 saturated heterocycles. The lowest BCUT2D eigenvalue weighted by atomic mass is 9.48. The maximum Gasteiger partial charge on any atom is 0.0723 e. The van der Waals surface area contributed by atoms with Gasteiger partial charge < -0.3 is 10.0 Å². The van der Waals surface area contributed by atoms with Crippen molar-refractivity contribution in [3.8, 4) is 0 Å². The van der Waals surface area contributed by atoms with Gasteiger partial charge in [0.05, 0.1) is 6.10 Å². The molecule has 21 heavy (non-hydrogen) atoms. The summed E-state index contributed by atoms with van der Waals surface area (Å²) in [7, 11) is 2.22. The van der Waals surface area contributed by atoms with Crippen LogP contribution in [0.15, 0.2) is 0 Å². The second-order valence-corrected chi connectivity index (χ2v) is 8.88. The Morgan fingerprint density at radius 1 is 1.05 bits per heavy atom. The summed E-state index contributed by atoms with van der Waals surface area (Å²) < 4.78 is 0. The summed E-state index contributed by atoms with van der Waals surface area (Å²) in [6.45, 7) is 6.63. The highest BCUT2D eigenvalue weighted by Crippen LogP contribution is 2.61. The first-order valence-corrected chi connectivity index (χ1v) is 9.15. The number of likely N-dealkylation sites (N-methyl/N-ethyl adjacent to an activating group) is 1. The first-order valence-electron chi connectivity index (χ1n) is 9.15.